The van der Waals surface area contributed by atoms with Crippen LogP contribution >= 0.6 is 0 Å². The molecule has 0 amide bonds. The molecule has 0 spiro atoms. The van der Waals surface area contributed by atoms with Gasteiger partial charge in [-0.05, 0) is 31.7 Å². The van der Waals surface area contributed by atoms with Crippen molar-refractivity contribution >= 4 is 0 Å². The largest absolute Gasteiger partial charge is 0.396 e. The van der Waals surface area contributed by atoms with Crippen LogP contribution in [0.15, 0.2) is 12.2 Å². The molecule has 0 saturated heterocycles. The maximum atomic E-state index is 8.78. The Morgan fingerprint density at radius 3 is 2.77 bits per heavy atom. The number of nitrogens with one attached hydrogen (secondary N) is 1. The molecule has 0 saturated carbocycles. The molecule has 0 aliphatic carbocycles. The third kappa shape index (κ3) is 8.00. The SMILES string of the molecule is C=C(CC)CNCCCC(C)CO. The fraction of sp³-hybridized carbons (Fsp3) is 0.818. The Balaban J connectivity index is 3.12. The summed E-state index contributed by atoms with van der Waals surface area (Å²) in [4.78, 5) is 0. The first-order chi connectivity index (χ1) is 6.20. The second-order valence-electron chi connectivity index (χ2n) is 3.71. The van der Waals surface area contributed by atoms with Gasteiger partial charge < -0.3 is 10.4 Å². The summed E-state index contributed by atoms with van der Waals surface area (Å²) in [6.45, 7) is 10.4. The molecule has 0 aromatic carbocycles. The summed E-state index contributed by atoms with van der Waals surface area (Å²) < 4.78 is 0. The second-order valence-corrected chi connectivity index (χ2v) is 3.71. The fourth-order valence-corrected chi connectivity index (χ4v) is 1.06. The lowest BCUT2D eigenvalue weighted by Gasteiger charge is -2.08. The van der Waals surface area contributed by atoms with Gasteiger partial charge in [0, 0.05) is 13.2 Å². The highest BCUT2D eigenvalue weighted by atomic mass is 16.3. The van der Waals surface area contributed by atoms with Crippen molar-refractivity contribution in [3.8, 4) is 0 Å². The Morgan fingerprint density at radius 1 is 1.54 bits per heavy atom. The third-order valence-electron chi connectivity index (χ3n) is 2.24. The summed E-state index contributed by atoms with van der Waals surface area (Å²) in [6, 6.07) is 0. The summed E-state index contributed by atoms with van der Waals surface area (Å²) in [5.41, 5.74) is 1.26. The molecule has 0 aliphatic rings. The lowest BCUT2D eigenvalue weighted by Crippen LogP contribution is -2.18. The van der Waals surface area contributed by atoms with Crippen LogP contribution in [0.4, 0.5) is 0 Å². The molecule has 0 rings (SSSR count). The Labute approximate surface area is 82.0 Å². The second kappa shape index (κ2) is 8.27. The van der Waals surface area contributed by atoms with E-state index in [0.29, 0.717) is 12.5 Å². The average Bonchev–Trinajstić information content (AvgIpc) is 2.16. The molecule has 2 nitrogen and oxygen atoms in total. The van der Waals surface area contributed by atoms with Gasteiger partial charge in [-0.15, -0.1) is 0 Å². The van der Waals surface area contributed by atoms with E-state index in [0.717, 1.165) is 32.4 Å². The summed E-state index contributed by atoms with van der Waals surface area (Å²) >= 11 is 0. The molecule has 1 atom stereocenters. The topological polar surface area (TPSA) is 32.3 Å². The van der Waals surface area contributed by atoms with E-state index in [1.165, 1.54) is 5.57 Å². The first kappa shape index (κ1) is 12.7. The molecule has 0 aliphatic heterocycles. The first-order valence-corrected chi connectivity index (χ1v) is 5.18. The molecule has 13 heavy (non-hydrogen) atoms. The van der Waals surface area contributed by atoms with E-state index in [2.05, 4.69) is 25.7 Å². The summed E-state index contributed by atoms with van der Waals surface area (Å²) in [5, 5.41) is 12.1. The van der Waals surface area contributed by atoms with Gasteiger partial charge in [-0.2, -0.15) is 0 Å². The summed E-state index contributed by atoms with van der Waals surface area (Å²) in [5.74, 6) is 0.441. The minimum Gasteiger partial charge on any atom is -0.396 e. The number of aliphatic hydroxyl groups excluding tert-OH is 1. The van der Waals surface area contributed by atoms with Crippen molar-refractivity contribution in [3.63, 3.8) is 0 Å². The average molecular weight is 185 g/mol. The van der Waals surface area contributed by atoms with E-state index < -0.39 is 0 Å². The minimum absolute atomic E-state index is 0.307. The van der Waals surface area contributed by atoms with Crippen LogP contribution in [-0.4, -0.2) is 24.8 Å². The maximum Gasteiger partial charge on any atom is 0.0456 e. The van der Waals surface area contributed by atoms with E-state index in [1.807, 2.05) is 0 Å². The van der Waals surface area contributed by atoms with Crippen molar-refractivity contribution in [2.45, 2.75) is 33.1 Å². The van der Waals surface area contributed by atoms with Gasteiger partial charge in [0.1, 0.15) is 0 Å². The molecule has 0 bridgehead atoms. The van der Waals surface area contributed by atoms with Gasteiger partial charge in [0.2, 0.25) is 0 Å². The van der Waals surface area contributed by atoms with Crippen LogP contribution in [0.2, 0.25) is 0 Å². The Kier molecular flexibility index (Phi) is 8.05. The van der Waals surface area contributed by atoms with E-state index in [4.69, 9.17) is 5.11 Å². The summed E-state index contributed by atoms with van der Waals surface area (Å²) in [7, 11) is 0. The predicted octanol–water partition coefficient (Wildman–Crippen LogP) is 1.95. The first-order valence-electron chi connectivity index (χ1n) is 5.18. The molecule has 0 aromatic heterocycles. The van der Waals surface area contributed by atoms with Crippen LogP contribution in [0, 0.1) is 5.92 Å². The molecule has 1 unspecified atom stereocenters. The quantitative estimate of drug-likeness (QED) is 0.447. The molecular weight excluding hydrogens is 162 g/mol. The van der Waals surface area contributed by atoms with Gasteiger partial charge in [0.15, 0.2) is 0 Å². The fourth-order valence-electron chi connectivity index (χ4n) is 1.06. The highest BCUT2D eigenvalue weighted by Gasteiger charge is 1.98. The van der Waals surface area contributed by atoms with Gasteiger partial charge in [0.05, 0.1) is 0 Å². The molecule has 0 aromatic rings. The van der Waals surface area contributed by atoms with Crippen LogP contribution in [0.1, 0.15) is 33.1 Å². The molecule has 78 valence electrons. The lowest BCUT2D eigenvalue weighted by molar-refractivity contribution is 0.228. The third-order valence-corrected chi connectivity index (χ3v) is 2.24. The monoisotopic (exact) mass is 185 g/mol. The zero-order valence-corrected chi connectivity index (χ0v) is 8.97. The van der Waals surface area contributed by atoms with Crippen molar-refractivity contribution in [2.75, 3.05) is 19.7 Å². The van der Waals surface area contributed by atoms with Crippen molar-refractivity contribution in [2.24, 2.45) is 5.92 Å². The van der Waals surface area contributed by atoms with Crippen LogP contribution < -0.4 is 5.32 Å². The van der Waals surface area contributed by atoms with E-state index in [1.54, 1.807) is 0 Å². The van der Waals surface area contributed by atoms with Gasteiger partial charge >= 0.3 is 0 Å². The van der Waals surface area contributed by atoms with E-state index in [9.17, 15) is 0 Å². The molecule has 2 N–H and O–H groups in total. The number of hydrogen-bond donors (Lipinski definition) is 2. The van der Waals surface area contributed by atoms with Crippen LogP contribution in [0.3, 0.4) is 0 Å². The number of aliphatic hydroxyl groups is 1. The molecule has 0 heterocycles. The van der Waals surface area contributed by atoms with Crippen molar-refractivity contribution < 1.29 is 5.11 Å². The van der Waals surface area contributed by atoms with E-state index in [-0.39, 0.29) is 0 Å². The molecular formula is C11H23NO. The zero-order valence-electron chi connectivity index (χ0n) is 8.97. The smallest absolute Gasteiger partial charge is 0.0456 e. The standard InChI is InChI=1S/C11H23NO/c1-4-10(2)8-12-7-5-6-11(3)9-13/h11-13H,2,4-9H2,1,3H3. The Bertz CT molecular complexity index is 134. The Hall–Kier alpha value is -0.340. The van der Waals surface area contributed by atoms with Gasteiger partial charge in [-0.3, -0.25) is 0 Å². The minimum atomic E-state index is 0.307. The zero-order chi connectivity index (χ0) is 10.1. The van der Waals surface area contributed by atoms with Crippen LogP contribution in [0.5, 0.6) is 0 Å². The van der Waals surface area contributed by atoms with Crippen molar-refractivity contribution in [1.29, 1.82) is 0 Å². The van der Waals surface area contributed by atoms with Crippen molar-refractivity contribution in [3.05, 3.63) is 12.2 Å². The van der Waals surface area contributed by atoms with Crippen molar-refractivity contribution in [1.82, 2.24) is 5.32 Å². The number of rotatable bonds is 8. The predicted molar refractivity (Wildman–Crippen MR) is 57.8 cm³/mol. The molecule has 2 heteroatoms. The van der Waals surface area contributed by atoms with Gasteiger partial charge in [0.25, 0.3) is 0 Å². The van der Waals surface area contributed by atoms with Gasteiger partial charge in [-0.25, -0.2) is 0 Å². The van der Waals surface area contributed by atoms with Gasteiger partial charge in [-0.1, -0.05) is 26.0 Å². The van der Waals surface area contributed by atoms with Crippen LogP contribution in [0.25, 0.3) is 0 Å². The number of hydrogen-bond acceptors (Lipinski definition) is 2. The van der Waals surface area contributed by atoms with E-state index >= 15 is 0 Å². The highest BCUT2D eigenvalue weighted by Crippen LogP contribution is 2.02. The highest BCUT2D eigenvalue weighted by molar-refractivity contribution is 4.94. The maximum absolute atomic E-state index is 8.78. The lowest BCUT2D eigenvalue weighted by atomic mass is 10.1. The summed E-state index contributed by atoms with van der Waals surface area (Å²) in [6.07, 6.45) is 3.29. The molecule has 0 radical (unpaired) electrons. The van der Waals surface area contributed by atoms with Crippen LogP contribution in [-0.2, 0) is 0 Å². The Morgan fingerprint density at radius 2 is 2.23 bits per heavy atom. The normalized spacial score (nSPS) is 12.8. The molecule has 0 fully saturated rings.